The molecular formula is C16H24Br2N2. The van der Waals surface area contributed by atoms with Gasteiger partial charge in [0.25, 0.3) is 0 Å². The lowest BCUT2D eigenvalue weighted by Crippen LogP contribution is -2.38. The Morgan fingerprint density at radius 3 is 2.80 bits per heavy atom. The van der Waals surface area contributed by atoms with Gasteiger partial charge in [0.05, 0.1) is 0 Å². The Hall–Kier alpha value is 0.1000. The Balaban J connectivity index is 1.94. The summed E-state index contributed by atoms with van der Waals surface area (Å²) in [6, 6.07) is 6.58. The lowest BCUT2D eigenvalue weighted by molar-refractivity contribution is 0.201. The second kappa shape index (κ2) is 8.52. The van der Waals surface area contributed by atoms with Gasteiger partial charge in [-0.2, -0.15) is 0 Å². The average Bonchev–Trinajstić information content (AvgIpc) is 2.44. The van der Waals surface area contributed by atoms with Gasteiger partial charge in [-0.05, 0) is 94.4 Å². The lowest BCUT2D eigenvalue weighted by atomic mass is 9.98. The van der Waals surface area contributed by atoms with Crippen LogP contribution in [-0.2, 0) is 6.54 Å². The zero-order chi connectivity index (χ0) is 14.4. The van der Waals surface area contributed by atoms with Crippen molar-refractivity contribution in [2.45, 2.75) is 32.7 Å². The fraction of sp³-hybridized carbons (Fsp3) is 0.625. The molecule has 0 radical (unpaired) electrons. The van der Waals surface area contributed by atoms with E-state index in [0.717, 1.165) is 21.4 Å². The molecule has 1 aliphatic rings. The van der Waals surface area contributed by atoms with Crippen molar-refractivity contribution in [3.05, 3.63) is 32.7 Å². The molecular weight excluding hydrogens is 380 g/mol. The summed E-state index contributed by atoms with van der Waals surface area (Å²) in [6.45, 7) is 8.10. The molecule has 1 atom stereocenters. The number of halogens is 2. The SMILES string of the molecule is CCCN(Cc1ccc(Br)c(Br)c1)CC1CCCNC1. The predicted octanol–water partition coefficient (Wildman–Crippen LogP) is 4.42. The van der Waals surface area contributed by atoms with E-state index in [2.05, 4.69) is 67.2 Å². The fourth-order valence-electron chi connectivity index (χ4n) is 2.89. The summed E-state index contributed by atoms with van der Waals surface area (Å²) in [5.41, 5.74) is 1.39. The van der Waals surface area contributed by atoms with Gasteiger partial charge in [-0.3, -0.25) is 4.90 Å². The highest BCUT2D eigenvalue weighted by molar-refractivity contribution is 9.13. The molecule has 0 bridgehead atoms. The first kappa shape index (κ1) is 16.5. The maximum atomic E-state index is 3.60. The molecule has 0 aromatic heterocycles. The number of benzene rings is 1. The first-order chi connectivity index (χ1) is 9.69. The number of nitrogens with zero attached hydrogens (tertiary/aromatic N) is 1. The molecule has 2 nitrogen and oxygen atoms in total. The van der Waals surface area contributed by atoms with Gasteiger partial charge in [0, 0.05) is 22.0 Å². The predicted molar refractivity (Wildman–Crippen MR) is 93.0 cm³/mol. The molecule has 1 aromatic carbocycles. The first-order valence-electron chi connectivity index (χ1n) is 7.56. The van der Waals surface area contributed by atoms with Crippen LogP contribution < -0.4 is 5.32 Å². The van der Waals surface area contributed by atoms with Crippen LogP contribution in [0.1, 0.15) is 31.7 Å². The molecule has 0 spiro atoms. The van der Waals surface area contributed by atoms with Crippen LogP contribution in [0, 0.1) is 5.92 Å². The number of hydrogen-bond acceptors (Lipinski definition) is 2. The minimum absolute atomic E-state index is 0.814. The van der Waals surface area contributed by atoms with Crippen molar-refractivity contribution in [3.63, 3.8) is 0 Å². The van der Waals surface area contributed by atoms with Crippen molar-refractivity contribution in [1.82, 2.24) is 10.2 Å². The van der Waals surface area contributed by atoms with E-state index >= 15 is 0 Å². The van der Waals surface area contributed by atoms with Gasteiger partial charge in [0.15, 0.2) is 0 Å². The van der Waals surface area contributed by atoms with E-state index in [4.69, 9.17) is 0 Å². The Morgan fingerprint density at radius 2 is 2.15 bits per heavy atom. The van der Waals surface area contributed by atoms with E-state index in [1.54, 1.807) is 0 Å². The first-order valence-corrected chi connectivity index (χ1v) is 9.14. The molecule has 1 aromatic rings. The zero-order valence-corrected chi connectivity index (χ0v) is 15.3. The Labute approximate surface area is 139 Å². The number of nitrogens with one attached hydrogen (secondary N) is 1. The Morgan fingerprint density at radius 1 is 1.30 bits per heavy atom. The van der Waals surface area contributed by atoms with E-state index < -0.39 is 0 Å². The van der Waals surface area contributed by atoms with Crippen LogP contribution in [0.4, 0.5) is 0 Å². The molecule has 0 aliphatic carbocycles. The molecule has 1 N–H and O–H groups in total. The molecule has 1 aliphatic heterocycles. The second-order valence-corrected chi connectivity index (χ2v) is 7.40. The molecule has 112 valence electrons. The minimum atomic E-state index is 0.814. The van der Waals surface area contributed by atoms with Crippen molar-refractivity contribution in [2.24, 2.45) is 5.92 Å². The van der Waals surface area contributed by atoms with Crippen LogP contribution in [-0.4, -0.2) is 31.1 Å². The largest absolute Gasteiger partial charge is 0.316 e. The summed E-state index contributed by atoms with van der Waals surface area (Å²) >= 11 is 7.14. The maximum absolute atomic E-state index is 3.60. The summed E-state index contributed by atoms with van der Waals surface area (Å²) in [4.78, 5) is 2.60. The highest BCUT2D eigenvalue weighted by atomic mass is 79.9. The van der Waals surface area contributed by atoms with Gasteiger partial charge in [-0.1, -0.05) is 13.0 Å². The van der Waals surface area contributed by atoms with Crippen LogP contribution in [0.2, 0.25) is 0 Å². The van der Waals surface area contributed by atoms with Crippen LogP contribution >= 0.6 is 31.9 Å². The normalized spacial score (nSPS) is 19.5. The smallest absolute Gasteiger partial charge is 0.0320 e. The van der Waals surface area contributed by atoms with Crippen molar-refractivity contribution in [1.29, 1.82) is 0 Å². The third-order valence-corrected chi connectivity index (χ3v) is 5.73. The molecule has 4 heteroatoms. The molecule has 1 unspecified atom stereocenters. The van der Waals surface area contributed by atoms with Crippen molar-refractivity contribution in [3.8, 4) is 0 Å². The number of piperidine rings is 1. The van der Waals surface area contributed by atoms with Crippen LogP contribution in [0.25, 0.3) is 0 Å². The van der Waals surface area contributed by atoms with Gasteiger partial charge >= 0.3 is 0 Å². The molecule has 0 saturated carbocycles. The zero-order valence-electron chi connectivity index (χ0n) is 12.2. The van der Waals surface area contributed by atoms with Gasteiger partial charge in [-0.25, -0.2) is 0 Å². The van der Waals surface area contributed by atoms with Crippen molar-refractivity contribution < 1.29 is 0 Å². The molecule has 1 fully saturated rings. The molecule has 20 heavy (non-hydrogen) atoms. The molecule has 2 rings (SSSR count). The van der Waals surface area contributed by atoms with Gasteiger partial charge in [0.2, 0.25) is 0 Å². The van der Waals surface area contributed by atoms with Crippen molar-refractivity contribution in [2.75, 3.05) is 26.2 Å². The average molecular weight is 404 g/mol. The highest BCUT2D eigenvalue weighted by Gasteiger charge is 2.17. The van der Waals surface area contributed by atoms with Gasteiger partial charge in [0.1, 0.15) is 0 Å². The number of rotatable bonds is 6. The second-order valence-electron chi connectivity index (χ2n) is 5.70. The van der Waals surface area contributed by atoms with Crippen molar-refractivity contribution >= 4 is 31.9 Å². The van der Waals surface area contributed by atoms with E-state index in [1.807, 2.05) is 0 Å². The summed E-state index contributed by atoms with van der Waals surface area (Å²) in [7, 11) is 0. The molecule has 1 heterocycles. The summed E-state index contributed by atoms with van der Waals surface area (Å²) in [5.74, 6) is 0.814. The lowest BCUT2D eigenvalue weighted by Gasteiger charge is -2.30. The maximum Gasteiger partial charge on any atom is 0.0320 e. The quantitative estimate of drug-likeness (QED) is 0.755. The molecule has 1 saturated heterocycles. The third kappa shape index (κ3) is 5.14. The monoisotopic (exact) mass is 402 g/mol. The van der Waals surface area contributed by atoms with E-state index in [0.29, 0.717) is 0 Å². The number of hydrogen-bond donors (Lipinski definition) is 1. The standard InChI is InChI=1S/C16H24Br2N2/c1-2-8-20(12-14-4-3-7-19-10-14)11-13-5-6-15(17)16(18)9-13/h5-6,9,14,19H,2-4,7-8,10-12H2,1H3. The third-order valence-electron chi connectivity index (χ3n) is 3.85. The summed E-state index contributed by atoms with van der Waals surface area (Å²) in [6.07, 6.45) is 3.92. The van der Waals surface area contributed by atoms with Crippen LogP contribution in [0.5, 0.6) is 0 Å². The highest BCUT2D eigenvalue weighted by Crippen LogP contribution is 2.24. The fourth-order valence-corrected chi connectivity index (χ4v) is 3.57. The molecule has 0 amide bonds. The summed E-state index contributed by atoms with van der Waals surface area (Å²) in [5, 5.41) is 3.52. The minimum Gasteiger partial charge on any atom is -0.316 e. The Kier molecular flexibility index (Phi) is 7.02. The van der Waals surface area contributed by atoms with E-state index in [-0.39, 0.29) is 0 Å². The van der Waals surface area contributed by atoms with E-state index in [1.165, 1.54) is 51.0 Å². The van der Waals surface area contributed by atoms with Gasteiger partial charge < -0.3 is 5.32 Å². The summed E-state index contributed by atoms with van der Waals surface area (Å²) < 4.78 is 2.27. The topological polar surface area (TPSA) is 15.3 Å². The van der Waals surface area contributed by atoms with Crippen LogP contribution in [0.3, 0.4) is 0 Å². The van der Waals surface area contributed by atoms with E-state index in [9.17, 15) is 0 Å². The van der Waals surface area contributed by atoms with Crippen LogP contribution in [0.15, 0.2) is 27.1 Å². The van der Waals surface area contributed by atoms with Gasteiger partial charge in [-0.15, -0.1) is 0 Å². The Bertz CT molecular complexity index is 417.